The Balaban J connectivity index is 2.35. The molecule has 0 radical (unpaired) electrons. The maximum Gasteiger partial charge on any atom is 0.313 e. The van der Waals surface area contributed by atoms with Gasteiger partial charge < -0.3 is 9.47 Å². The lowest BCUT2D eigenvalue weighted by atomic mass is 9.67. The van der Waals surface area contributed by atoms with Crippen LogP contribution in [0, 0.1) is 23.2 Å². The molecule has 2 aliphatic carbocycles. The van der Waals surface area contributed by atoms with E-state index in [1.807, 2.05) is 6.08 Å². The van der Waals surface area contributed by atoms with Crippen molar-refractivity contribution < 1.29 is 19.1 Å². The fraction of sp³-hybridized carbons (Fsp3) is 0.692. The smallest absolute Gasteiger partial charge is 0.313 e. The third-order valence-corrected chi connectivity index (χ3v) is 4.33. The molecule has 4 unspecified atom stereocenters. The Morgan fingerprint density at radius 1 is 1.29 bits per heavy atom. The van der Waals surface area contributed by atoms with Crippen molar-refractivity contribution in [3.05, 3.63) is 12.2 Å². The van der Waals surface area contributed by atoms with E-state index in [0.717, 1.165) is 6.42 Å². The van der Waals surface area contributed by atoms with Crippen LogP contribution in [0.4, 0.5) is 0 Å². The Morgan fingerprint density at radius 2 is 2.00 bits per heavy atom. The molecule has 0 amide bonds. The molecule has 4 nitrogen and oxygen atoms in total. The summed E-state index contributed by atoms with van der Waals surface area (Å²) < 4.78 is 9.71. The van der Waals surface area contributed by atoms with Crippen LogP contribution in [-0.4, -0.2) is 26.2 Å². The highest BCUT2D eigenvalue weighted by Crippen LogP contribution is 2.56. The second-order valence-corrected chi connectivity index (χ2v) is 4.97. The fourth-order valence-corrected chi connectivity index (χ4v) is 3.38. The number of carbonyl (C=O) groups excluding carboxylic acids is 2. The largest absolute Gasteiger partial charge is 0.469 e. The summed E-state index contributed by atoms with van der Waals surface area (Å²) in [5, 5.41) is 0. The van der Waals surface area contributed by atoms with Crippen LogP contribution in [0.3, 0.4) is 0 Å². The van der Waals surface area contributed by atoms with Crippen molar-refractivity contribution >= 4 is 11.9 Å². The zero-order chi connectivity index (χ0) is 12.6. The fourth-order valence-electron chi connectivity index (χ4n) is 3.38. The van der Waals surface area contributed by atoms with Gasteiger partial charge in [-0.15, -0.1) is 0 Å². The van der Waals surface area contributed by atoms with Crippen LogP contribution >= 0.6 is 0 Å². The molecule has 0 heterocycles. The molecule has 0 spiro atoms. The van der Waals surface area contributed by atoms with E-state index in [2.05, 4.69) is 6.08 Å². The van der Waals surface area contributed by atoms with Crippen LogP contribution in [0.1, 0.15) is 19.8 Å². The average molecular weight is 238 g/mol. The molecule has 2 rings (SSSR count). The van der Waals surface area contributed by atoms with Gasteiger partial charge in [0, 0.05) is 0 Å². The van der Waals surface area contributed by atoms with Gasteiger partial charge in [0.15, 0.2) is 0 Å². The molecule has 1 saturated carbocycles. The van der Waals surface area contributed by atoms with Crippen LogP contribution in [0.5, 0.6) is 0 Å². The molecule has 0 aromatic heterocycles. The van der Waals surface area contributed by atoms with Crippen LogP contribution in [0.15, 0.2) is 12.2 Å². The van der Waals surface area contributed by atoms with Gasteiger partial charge in [-0.05, 0) is 24.7 Å². The average Bonchev–Trinajstić information content (AvgIpc) is 2.96. The van der Waals surface area contributed by atoms with Crippen molar-refractivity contribution in [2.45, 2.75) is 19.8 Å². The number of carbonyl (C=O) groups is 2. The second kappa shape index (κ2) is 4.17. The third kappa shape index (κ3) is 1.58. The van der Waals surface area contributed by atoms with Crippen molar-refractivity contribution in [1.29, 1.82) is 0 Å². The van der Waals surface area contributed by atoms with Crippen LogP contribution in [-0.2, 0) is 19.1 Å². The molecule has 0 saturated heterocycles. The van der Waals surface area contributed by atoms with Crippen molar-refractivity contribution in [3.8, 4) is 0 Å². The van der Waals surface area contributed by atoms with Gasteiger partial charge >= 0.3 is 11.9 Å². The van der Waals surface area contributed by atoms with Gasteiger partial charge in [0.05, 0.1) is 25.6 Å². The number of hydrogen-bond acceptors (Lipinski definition) is 4. The summed E-state index contributed by atoms with van der Waals surface area (Å²) in [5.41, 5.74) is -0.721. The summed E-state index contributed by atoms with van der Waals surface area (Å²) in [5.74, 6) is -0.580. The lowest BCUT2D eigenvalue weighted by Gasteiger charge is -2.36. The highest BCUT2D eigenvalue weighted by Gasteiger charge is 2.59. The van der Waals surface area contributed by atoms with E-state index in [-0.39, 0.29) is 17.9 Å². The first kappa shape index (κ1) is 12.1. The number of esters is 2. The van der Waals surface area contributed by atoms with Crippen molar-refractivity contribution in [2.75, 3.05) is 14.2 Å². The maximum atomic E-state index is 12.1. The molecular weight excluding hydrogens is 220 g/mol. The second-order valence-electron chi connectivity index (χ2n) is 4.97. The minimum absolute atomic E-state index is 0.106. The number of allylic oxidation sites excluding steroid dienone is 2. The number of ether oxygens (including phenoxy) is 2. The molecule has 2 bridgehead atoms. The normalized spacial score (nSPS) is 35.7. The van der Waals surface area contributed by atoms with Crippen LogP contribution in [0.25, 0.3) is 0 Å². The number of methoxy groups -OCH3 is 2. The highest BCUT2D eigenvalue weighted by molar-refractivity contribution is 5.86. The standard InChI is InChI=1S/C13H18O4/c1-8(11(14)16-2)13(12(15)17-3)7-9-4-5-10(13)6-9/h4-5,8-10H,6-7H2,1-3H3. The Kier molecular flexibility index (Phi) is 2.98. The van der Waals surface area contributed by atoms with E-state index in [9.17, 15) is 9.59 Å². The van der Waals surface area contributed by atoms with Gasteiger partial charge in [-0.25, -0.2) is 0 Å². The SMILES string of the molecule is COC(=O)C(C)C1(C(=O)OC)CC2C=CC1C2. The summed E-state index contributed by atoms with van der Waals surface area (Å²) in [6.07, 6.45) is 5.81. The molecule has 0 aromatic rings. The van der Waals surface area contributed by atoms with Gasteiger partial charge in [-0.2, -0.15) is 0 Å². The van der Waals surface area contributed by atoms with Crippen molar-refractivity contribution in [3.63, 3.8) is 0 Å². The summed E-state index contributed by atoms with van der Waals surface area (Å²) >= 11 is 0. The molecular formula is C13H18O4. The predicted molar refractivity (Wildman–Crippen MR) is 61.0 cm³/mol. The third-order valence-electron chi connectivity index (χ3n) is 4.33. The number of rotatable bonds is 3. The van der Waals surface area contributed by atoms with Crippen LogP contribution in [0.2, 0.25) is 0 Å². The Morgan fingerprint density at radius 3 is 2.41 bits per heavy atom. The molecule has 17 heavy (non-hydrogen) atoms. The zero-order valence-corrected chi connectivity index (χ0v) is 10.4. The summed E-state index contributed by atoms with van der Waals surface area (Å²) in [4.78, 5) is 23.9. The van der Waals surface area contributed by atoms with E-state index >= 15 is 0 Å². The predicted octanol–water partition coefficient (Wildman–Crippen LogP) is 1.55. The minimum Gasteiger partial charge on any atom is -0.469 e. The first-order chi connectivity index (χ1) is 8.06. The highest BCUT2D eigenvalue weighted by atomic mass is 16.5. The topological polar surface area (TPSA) is 52.6 Å². The van der Waals surface area contributed by atoms with Crippen molar-refractivity contribution in [1.82, 2.24) is 0 Å². The Bertz CT molecular complexity index is 374. The van der Waals surface area contributed by atoms with Gasteiger partial charge in [-0.1, -0.05) is 19.1 Å². The van der Waals surface area contributed by atoms with Gasteiger partial charge in [0.25, 0.3) is 0 Å². The van der Waals surface area contributed by atoms with E-state index in [1.54, 1.807) is 6.92 Å². The molecule has 4 atom stereocenters. The summed E-state index contributed by atoms with van der Waals surface area (Å²) in [6, 6.07) is 0. The first-order valence-corrected chi connectivity index (χ1v) is 5.90. The quantitative estimate of drug-likeness (QED) is 0.553. The van der Waals surface area contributed by atoms with E-state index in [0.29, 0.717) is 12.3 Å². The zero-order valence-electron chi connectivity index (χ0n) is 10.4. The maximum absolute atomic E-state index is 12.1. The molecule has 0 aromatic carbocycles. The number of fused-ring (bicyclic) bond motifs is 2. The molecule has 4 heteroatoms. The first-order valence-electron chi connectivity index (χ1n) is 5.90. The van der Waals surface area contributed by atoms with Crippen LogP contribution < -0.4 is 0 Å². The Labute approximate surface area is 101 Å². The van der Waals surface area contributed by atoms with E-state index in [1.165, 1.54) is 14.2 Å². The van der Waals surface area contributed by atoms with E-state index < -0.39 is 11.3 Å². The van der Waals surface area contributed by atoms with Gasteiger partial charge in [0.2, 0.25) is 0 Å². The molecule has 0 N–H and O–H groups in total. The molecule has 0 aliphatic heterocycles. The monoisotopic (exact) mass is 238 g/mol. The van der Waals surface area contributed by atoms with E-state index in [4.69, 9.17) is 9.47 Å². The molecule has 94 valence electrons. The molecule has 1 fully saturated rings. The summed E-state index contributed by atoms with van der Waals surface area (Å²) in [6.45, 7) is 1.76. The van der Waals surface area contributed by atoms with Gasteiger partial charge in [-0.3, -0.25) is 9.59 Å². The van der Waals surface area contributed by atoms with Gasteiger partial charge in [0.1, 0.15) is 0 Å². The lowest BCUT2D eigenvalue weighted by molar-refractivity contribution is -0.168. The Hall–Kier alpha value is -1.32. The van der Waals surface area contributed by atoms with Crippen molar-refractivity contribution in [2.24, 2.45) is 23.2 Å². The lowest BCUT2D eigenvalue weighted by Crippen LogP contribution is -2.45. The minimum atomic E-state index is -0.721. The number of hydrogen-bond donors (Lipinski definition) is 0. The molecule has 2 aliphatic rings. The summed E-state index contributed by atoms with van der Waals surface area (Å²) in [7, 11) is 2.73.